The molecule has 1 heterocycles. The van der Waals surface area contributed by atoms with E-state index >= 15 is 0 Å². The smallest absolute Gasteiger partial charge is 0.249 e. The van der Waals surface area contributed by atoms with Gasteiger partial charge in [0, 0.05) is 24.1 Å². The summed E-state index contributed by atoms with van der Waals surface area (Å²) in [7, 11) is 1.82. The first kappa shape index (κ1) is 13.4. The topological polar surface area (TPSA) is 25.2 Å². The van der Waals surface area contributed by atoms with Gasteiger partial charge >= 0.3 is 0 Å². The number of nitrogens with zero attached hydrogens (tertiary/aromatic N) is 2. The maximum Gasteiger partial charge on any atom is 0.249 e. The van der Waals surface area contributed by atoms with Gasteiger partial charge in [-0.05, 0) is 45.0 Å². The average molecular weight is 256 g/mol. The lowest BCUT2D eigenvalue weighted by molar-refractivity contribution is -0.121. The first-order chi connectivity index (χ1) is 9.02. The van der Waals surface area contributed by atoms with Gasteiger partial charge in [-0.15, -0.1) is 0 Å². The Morgan fingerprint density at radius 1 is 1.05 bits per heavy atom. The minimum Gasteiger partial charge on any atom is -0.337 e. The third-order valence-electron chi connectivity index (χ3n) is 3.54. The number of carbonyl (C=O) groups excluding carboxylic acids is 1. The Bertz CT molecular complexity index is 552. The van der Waals surface area contributed by atoms with Crippen LogP contribution in [0.25, 0.3) is 0 Å². The molecular weight excluding hydrogens is 236 g/mol. The van der Waals surface area contributed by atoms with Crippen molar-refractivity contribution >= 4 is 11.6 Å². The number of para-hydroxylation sites is 1. The zero-order valence-electron chi connectivity index (χ0n) is 11.9. The van der Waals surface area contributed by atoms with Crippen LogP contribution in [0.3, 0.4) is 0 Å². The van der Waals surface area contributed by atoms with Gasteiger partial charge in [0.15, 0.2) is 0 Å². The Balaban J connectivity index is 2.25. The fraction of sp³-hybridized carbons (Fsp3) is 0.312. The zero-order valence-corrected chi connectivity index (χ0v) is 11.9. The number of hydrogen-bond acceptors (Lipinski definition) is 1. The number of aryl methyl sites for hydroxylation is 2. The lowest BCUT2D eigenvalue weighted by Gasteiger charge is -2.24. The molecule has 1 amide bonds. The van der Waals surface area contributed by atoms with Gasteiger partial charge in [0.1, 0.15) is 6.04 Å². The van der Waals surface area contributed by atoms with E-state index in [4.69, 9.17) is 0 Å². The molecule has 0 saturated carbocycles. The first-order valence-electron chi connectivity index (χ1n) is 6.49. The van der Waals surface area contributed by atoms with Crippen molar-refractivity contribution in [2.45, 2.75) is 26.8 Å². The van der Waals surface area contributed by atoms with Crippen molar-refractivity contribution in [3.8, 4) is 0 Å². The van der Waals surface area contributed by atoms with Gasteiger partial charge in [0.05, 0.1) is 0 Å². The summed E-state index contributed by atoms with van der Waals surface area (Å²) in [5.41, 5.74) is 3.14. The average Bonchev–Trinajstić information content (AvgIpc) is 2.77. The molecule has 0 aliphatic carbocycles. The summed E-state index contributed by atoms with van der Waals surface area (Å²) in [5, 5.41) is 0. The molecule has 0 aliphatic heterocycles. The molecule has 1 aromatic heterocycles. The van der Waals surface area contributed by atoms with E-state index < -0.39 is 0 Å². The summed E-state index contributed by atoms with van der Waals surface area (Å²) in [6.07, 6.45) is 0. The SMILES string of the molecule is Cc1ccc(C)n1C(C)C(=O)N(C)c1ccccc1. The number of rotatable bonds is 3. The molecule has 3 nitrogen and oxygen atoms in total. The quantitative estimate of drug-likeness (QED) is 0.827. The highest BCUT2D eigenvalue weighted by atomic mass is 16.2. The number of likely N-dealkylation sites (N-methyl/N-ethyl adjacent to an activating group) is 1. The van der Waals surface area contributed by atoms with E-state index in [2.05, 4.69) is 4.57 Å². The maximum atomic E-state index is 12.6. The minimum atomic E-state index is -0.194. The van der Waals surface area contributed by atoms with Gasteiger partial charge in [0.25, 0.3) is 0 Å². The summed E-state index contributed by atoms with van der Waals surface area (Å²) in [4.78, 5) is 14.3. The summed E-state index contributed by atoms with van der Waals surface area (Å²) in [6, 6.07) is 13.6. The molecule has 2 rings (SSSR count). The van der Waals surface area contributed by atoms with E-state index in [0.717, 1.165) is 17.1 Å². The van der Waals surface area contributed by atoms with Crippen LogP contribution >= 0.6 is 0 Å². The second kappa shape index (κ2) is 5.31. The fourth-order valence-corrected chi connectivity index (χ4v) is 2.46. The third-order valence-corrected chi connectivity index (χ3v) is 3.54. The predicted molar refractivity (Wildman–Crippen MR) is 78.5 cm³/mol. The van der Waals surface area contributed by atoms with Crippen molar-refractivity contribution in [3.05, 3.63) is 53.9 Å². The van der Waals surface area contributed by atoms with Crippen LogP contribution in [-0.2, 0) is 4.79 Å². The monoisotopic (exact) mass is 256 g/mol. The molecule has 0 N–H and O–H groups in total. The highest BCUT2D eigenvalue weighted by molar-refractivity contribution is 5.95. The third kappa shape index (κ3) is 2.55. The van der Waals surface area contributed by atoms with Crippen molar-refractivity contribution in [2.24, 2.45) is 0 Å². The standard InChI is InChI=1S/C16H20N2O/c1-12-10-11-13(2)18(12)14(3)16(19)17(4)15-8-6-5-7-9-15/h5-11,14H,1-4H3. The van der Waals surface area contributed by atoms with Gasteiger partial charge in [0.2, 0.25) is 5.91 Å². The predicted octanol–water partition coefficient (Wildman–Crippen LogP) is 3.33. The normalized spacial score (nSPS) is 12.2. The van der Waals surface area contributed by atoms with Crippen LogP contribution in [0.5, 0.6) is 0 Å². The first-order valence-corrected chi connectivity index (χ1v) is 6.49. The fourth-order valence-electron chi connectivity index (χ4n) is 2.46. The van der Waals surface area contributed by atoms with Crippen molar-refractivity contribution in [3.63, 3.8) is 0 Å². The number of hydrogen-bond donors (Lipinski definition) is 0. The molecule has 0 saturated heterocycles. The van der Waals surface area contributed by atoms with Crippen molar-refractivity contribution < 1.29 is 4.79 Å². The molecule has 0 spiro atoms. The van der Waals surface area contributed by atoms with Crippen molar-refractivity contribution in [1.82, 2.24) is 4.57 Å². The van der Waals surface area contributed by atoms with Crippen LogP contribution in [0.2, 0.25) is 0 Å². The van der Waals surface area contributed by atoms with E-state index in [9.17, 15) is 4.79 Å². The second-order valence-electron chi connectivity index (χ2n) is 4.89. The van der Waals surface area contributed by atoms with Crippen LogP contribution < -0.4 is 4.90 Å². The maximum absolute atomic E-state index is 12.6. The molecule has 1 unspecified atom stereocenters. The van der Waals surface area contributed by atoms with Gasteiger partial charge < -0.3 is 9.47 Å². The Kier molecular flexibility index (Phi) is 3.74. The van der Waals surface area contributed by atoms with Crippen molar-refractivity contribution in [1.29, 1.82) is 0 Å². The van der Waals surface area contributed by atoms with Crippen LogP contribution in [0.4, 0.5) is 5.69 Å². The highest BCUT2D eigenvalue weighted by Crippen LogP contribution is 2.20. The Labute approximate surface area is 114 Å². The molecule has 1 aromatic carbocycles. The number of anilines is 1. The molecule has 0 bridgehead atoms. The van der Waals surface area contributed by atoms with Crippen LogP contribution in [0.15, 0.2) is 42.5 Å². The van der Waals surface area contributed by atoms with Crippen LogP contribution in [0, 0.1) is 13.8 Å². The summed E-state index contributed by atoms with van der Waals surface area (Å²) >= 11 is 0. The number of aromatic nitrogens is 1. The van der Waals surface area contributed by atoms with E-state index in [0.29, 0.717) is 0 Å². The summed E-state index contributed by atoms with van der Waals surface area (Å²) in [6.45, 7) is 6.00. The molecule has 0 aliphatic rings. The minimum absolute atomic E-state index is 0.0913. The van der Waals surface area contributed by atoms with Gasteiger partial charge in [-0.3, -0.25) is 4.79 Å². The van der Waals surface area contributed by atoms with Crippen LogP contribution in [-0.4, -0.2) is 17.5 Å². The van der Waals surface area contributed by atoms with Gasteiger partial charge in [-0.1, -0.05) is 18.2 Å². The van der Waals surface area contributed by atoms with Gasteiger partial charge in [-0.25, -0.2) is 0 Å². The zero-order chi connectivity index (χ0) is 14.0. The molecule has 0 radical (unpaired) electrons. The second-order valence-corrected chi connectivity index (χ2v) is 4.89. The number of carbonyl (C=O) groups is 1. The van der Waals surface area contributed by atoms with Crippen LogP contribution in [0.1, 0.15) is 24.4 Å². The summed E-state index contributed by atoms with van der Waals surface area (Å²) in [5.74, 6) is 0.0913. The summed E-state index contributed by atoms with van der Waals surface area (Å²) < 4.78 is 2.07. The molecular formula is C16H20N2O. The van der Waals surface area contributed by atoms with E-state index in [-0.39, 0.29) is 11.9 Å². The lowest BCUT2D eigenvalue weighted by Crippen LogP contribution is -2.33. The number of benzene rings is 1. The Morgan fingerprint density at radius 3 is 2.11 bits per heavy atom. The molecule has 19 heavy (non-hydrogen) atoms. The molecule has 0 fully saturated rings. The van der Waals surface area contributed by atoms with E-state index in [1.54, 1.807) is 4.90 Å². The number of amides is 1. The molecule has 2 aromatic rings. The van der Waals surface area contributed by atoms with E-state index in [1.165, 1.54) is 0 Å². The molecule has 1 atom stereocenters. The lowest BCUT2D eigenvalue weighted by atomic mass is 10.2. The Hall–Kier alpha value is -2.03. The van der Waals surface area contributed by atoms with Crippen molar-refractivity contribution in [2.75, 3.05) is 11.9 Å². The molecule has 3 heteroatoms. The highest BCUT2D eigenvalue weighted by Gasteiger charge is 2.21. The van der Waals surface area contributed by atoms with E-state index in [1.807, 2.05) is 70.3 Å². The largest absolute Gasteiger partial charge is 0.337 e. The Morgan fingerprint density at radius 2 is 1.58 bits per heavy atom. The molecule has 100 valence electrons. The van der Waals surface area contributed by atoms with Gasteiger partial charge in [-0.2, -0.15) is 0 Å².